The molecule has 2 aliphatic rings. The van der Waals surface area contributed by atoms with E-state index in [0.717, 1.165) is 28.6 Å². The lowest BCUT2D eigenvalue weighted by Crippen LogP contribution is -2.46. The van der Waals surface area contributed by atoms with Crippen LogP contribution < -0.4 is 19.8 Å². The summed E-state index contributed by atoms with van der Waals surface area (Å²) in [7, 11) is 0. The number of amides is 1. The van der Waals surface area contributed by atoms with Gasteiger partial charge in [0.15, 0.2) is 17.0 Å². The molecule has 3 aromatic rings. The number of halogens is 1. The number of ether oxygens (including phenoxy) is 2. The Kier molecular flexibility index (Phi) is 5.72. The number of carboxylic acid groups (broad SMARTS) is 1. The van der Waals surface area contributed by atoms with Crippen molar-refractivity contribution in [3.8, 4) is 11.5 Å². The number of aryl methyl sites for hydroxylation is 1. The van der Waals surface area contributed by atoms with E-state index in [9.17, 15) is 9.90 Å². The second-order valence-electron chi connectivity index (χ2n) is 7.72. The van der Waals surface area contributed by atoms with E-state index in [-0.39, 0.29) is 12.8 Å². The molecule has 2 aromatic heterocycles. The fourth-order valence-corrected chi connectivity index (χ4v) is 5.49. The molecule has 1 saturated heterocycles. The zero-order valence-electron chi connectivity index (χ0n) is 17.1. The van der Waals surface area contributed by atoms with Crippen LogP contribution in [0.15, 0.2) is 33.0 Å². The number of likely N-dealkylation sites (tertiary alicyclic amines) is 1. The highest BCUT2D eigenvalue weighted by Crippen LogP contribution is 2.42. The molecule has 32 heavy (non-hydrogen) atoms. The molecule has 1 aromatic carbocycles. The Bertz CT molecular complexity index is 1190. The van der Waals surface area contributed by atoms with Crippen molar-refractivity contribution in [2.24, 2.45) is 0 Å². The normalized spacial score (nSPS) is 17.8. The molecule has 4 heterocycles. The molecule has 0 spiro atoms. The van der Waals surface area contributed by atoms with Crippen molar-refractivity contribution >= 4 is 50.8 Å². The number of hydrogen-bond donors (Lipinski definition) is 3. The summed E-state index contributed by atoms with van der Waals surface area (Å²) in [5.41, 5.74) is 7.45. The van der Waals surface area contributed by atoms with Gasteiger partial charge in [-0.15, -0.1) is 0 Å². The molecule has 1 atom stereocenters. The van der Waals surface area contributed by atoms with Crippen LogP contribution in [-0.2, 0) is 6.54 Å². The Morgan fingerprint density at radius 3 is 3.00 bits per heavy atom. The Hall–Kier alpha value is -2.73. The molecular formula is C20H22BrN6O4S+. The summed E-state index contributed by atoms with van der Waals surface area (Å²) in [5.74, 6) is 1.76. The molecule has 12 heteroatoms. The van der Waals surface area contributed by atoms with Gasteiger partial charge in [0, 0.05) is 22.0 Å². The maximum absolute atomic E-state index is 11.6. The van der Waals surface area contributed by atoms with E-state index in [0.29, 0.717) is 53.1 Å². The average molecular weight is 522 g/mol. The third-order valence-electron chi connectivity index (χ3n) is 5.74. The number of rotatable bonds is 5. The number of piperidine rings is 1. The van der Waals surface area contributed by atoms with Crippen LogP contribution in [0.2, 0.25) is 0 Å². The number of anilines is 1. The smallest absolute Gasteiger partial charge is 0.407 e. The number of hydrogen-bond acceptors (Lipinski definition) is 7. The highest BCUT2D eigenvalue weighted by Gasteiger charge is 2.28. The number of aromatic amines is 1. The van der Waals surface area contributed by atoms with E-state index in [1.807, 2.05) is 16.7 Å². The molecule has 4 N–H and O–H groups in total. The SMILES string of the molecule is Nc1nc[n+](CCC2CCCCN2C(=O)O)c2nc(Sc3cc4c(cc3Br)OCO4)[nH]c12. The quantitative estimate of drug-likeness (QED) is 0.435. The van der Waals surface area contributed by atoms with E-state index in [1.54, 1.807) is 11.2 Å². The second kappa shape index (κ2) is 8.66. The predicted molar refractivity (Wildman–Crippen MR) is 120 cm³/mol. The van der Waals surface area contributed by atoms with Gasteiger partial charge < -0.3 is 30.2 Å². The van der Waals surface area contributed by atoms with Crippen LogP contribution in [0, 0.1) is 0 Å². The van der Waals surface area contributed by atoms with Crippen LogP contribution in [0.3, 0.4) is 0 Å². The third kappa shape index (κ3) is 4.04. The zero-order valence-corrected chi connectivity index (χ0v) is 19.5. The molecule has 168 valence electrons. The number of nitrogen functional groups attached to an aromatic ring is 1. The number of carbonyl (C=O) groups is 1. The summed E-state index contributed by atoms with van der Waals surface area (Å²) in [6, 6.07) is 3.78. The zero-order chi connectivity index (χ0) is 22.2. The van der Waals surface area contributed by atoms with Gasteiger partial charge in [0.05, 0.1) is 6.54 Å². The first-order valence-corrected chi connectivity index (χ1v) is 11.9. The fraction of sp³-hybridized carbons (Fsp3) is 0.400. The fourth-order valence-electron chi connectivity index (χ4n) is 4.11. The molecule has 1 amide bonds. The maximum Gasteiger partial charge on any atom is 0.407 e. The van der Waals surface area contributed by atoms with Gasteiger partial charge in [-0.25, -0.2) is 9.36 Å². The summed E-state index contributed by atoms with van der Waals surface area (Å²) in [6.07, 6.45) is 4.34. The van der Waals surface area contributed by atoms with Crippen LogP contribution in [0.25, 0.3) is 11.2 Å². The summed E-state index contributed by atoms with van der Waals surface area (Å²) in [6.45, 7) is 1.40. The van der Waals surface area contributed by atoms with Gasteiger partial charge >= 0.3 is 6.09 Å². The average Bonchev–Trinajstić information content (AvgIpc) is 3.41. The predicted octanol–water partition coefficient (Wildman–Crippen LogP) is 3.39. The van der Waals surface area contributed by atoms with E-state index in [4.69, 9.17) is 20.2 Å². The number of benzene rings is 1. The molecule has 5 rings (SSSR count). The number of H-pyrrole nitrogens is 1. The number of nitrogens with one attached hydrogen (secondary N) is 1. The van der Waals surface area contributed by atoms with Crippen molar-refractivity contribution in [3.05, 3.63) is 22.9 Å². The molecule has 0 radical (unpaired) electrons. The van der Waals surface area contributed by atoms with Crippen molar-refractivity contribution in [1.29, 1.82) is 0 Å². The van der Waals surface area contributed by atoms with Gasteiger partial charge in [0.1, 0.15) is 0 Å². The van der Waals surface area contributed by atoms with Crippen molar-refractivity contribution in [2.45, 2.75) is 48.3 Å². The van der Waals surface area contributed by atoms with Gasteiger partial charge in [-0.1, -0.05) is 9.97 Å². The van der Waals surface area contributed by atoms with Crippen molar-refractivity contribution in [3.63, 3.8) is 0 Å². The number of nitrogens with two attached hydrogens (primary N) is 1. The van der Waals surface area contributed by atoms with Crippen molar-refractivity contribution in [2.75, 3.05) is 19.1 Å². The first-order chi connectivity index (χ1) is 15.5. The van der Waals surface area contributed by atoms with Crippen LogP contribution >= 0.6 is 27.7 Å². The number of fused-ring (bicyclic) bond motifs is 2. The molecule has 2 aliphatic heterocycles. The molecule has 0 saturated carbocycles. The Labute approximate surface area is 196 Å². The number of aromatic nitrogens is 4. The van der Waals surface area contributed by atoms with Crippen LogP contribution in [0.5, 0.6) is 11.5 Å². The second-order valence-corrected chi connectivity index (χ2v) is 9.60. The molecular weight excluding hydrogens is 500 g/mol. The Morgan fingerprint density at radius 1 is 1.38 bits per heavy atom. The van der Waals surface area contributed by atoms with Gasteiger partial charge in [-0.2, -0.15) is 0 Å². The molecule has 1 unspecified atom stereocenters. The third-order valence-corrected chi connectivity index (χ3v) is 7.60. The highest BCUT2D eigenvalue weighted by molar-refractivity contribution is 9.10. The molecule has 0 bridgehead atoms. The highest BCUT2D eigenvalue weighted by atomic mass is 79.9. The van der Waals surface area contributed by atoms with E-state index in [2.05, 4.69) is 25.9 Å². The topological polar surface area (TPSA) is 130 Å². The Morgan fingerprint density at radius 2 is 2.19 bits per heavy atom. The van der Waals surface area contributed by atoms with Gasteiger partial charge in [-0.3, -0.25) is 0 Å². The lowest BCUT2D eigenvalue weighted by molar-refractivity contribution is -0.677. The monoisotopic (exact) mass is 521 g/mol. The van der Waals surface area contributed by atoms with Crippen LogP contribution in [-0.4, -0.2) is 50.4 Å². The lowest BCUT2D eigenvalue weighted by Gasteiger charge is -2.33. The van der Waals surface area contributed by atoms with Gasteiger partial charge in [0.2, 0.25) is 24.1 Å². The summed E-state index contributed by atoms with van der Waals surface area (Å²) < 4.78 is 13.7. The maximum atomic E-state index is 11.6. The summed E-state index contributed by atoms with van der Waals surface area (Å²) in [4.78, 5) is 26.3. The van der Waals surface area contributed by atoms with E-state index in [1.165, 1.54) is 11.8 Å². The van der Waals surface area contributed by atoms with Gasteiger partial charge in [0.25, 0.3) is 5.65 Å². The molecule has 0 aliphatic carbocycles. The Balaban J connectivity index is 1.39. The largest absolute Gasteiger partial charge is 0.465 e. The van der Waals surface area contributed by atoms with E-state index < -0.39 is 6.09 Å². The minimum atomic E-state index is -0.854. The minimum absolute atomic E-state index is 0.00118. The summed E-state index contributed by atoms with van der Waals surface area (Å²) >= 11 is 5.02. The number of nitrogens with zero attached hydrogens (tertiary/aromatic N) is 4. The van der Waals surface area contributed by atoms with Crippen molar-refractivity contribution in [1.82, 2.24) is 19.9 Å². The van der Waals surface area contributed by atoms with Crippen LogP contribution in [0.1, 0.15) is 25.7 Å². The number of imidazole rings is 1. The minimum Gasteiger partial charge on any atom is -0.465 e. The standard InChI is InChI=1S/C20H21BrN6O4S/c21-12-7-13-14(31-10-30-13)8-15(12)32-19-24-16-17(22)23-9-26(18(16)25-19)6-4-11-3-1-2-5-27(11)20(28)29/h7-9,11H,1-6,10H2,(H3,22,24,25,28,29)/p+1. The summed E-state index contributed by atoms with van der Waals surface area (Å²) in [5, 5.41) is 10.2. The molecule has 1 fully saturated rings. The van der Waals surface area contributed by atoms with Crippen molar-refractivity contribution < 1.29 is 23.9 Å². The lowest BCUT2D eigenvalue weighted by atomic mass is 10.00. The first-order valence-electron chi connectivity index (χ1n) is 10.3. The molecule has 10 nitrogen and oxygen atoms in total. The van der Waals surface area contributed by atoms with Crippen LogP contribution in [0.4, 0.5) is 10.6 Å². The first kappa shape index (κ1) is 21.1. The van der Waals surface area contributed by atoms with Gasteiger partial charge in [-0.05, 0) is 65.5 Å². The van der Waals surface area contributed by atoms with E-state index >= 15 is 0 Å².